The molecule has 1 aromatic heterocycles. The molecule has 0 aliphatic heterocycles. The van der Waals surface area contributed by atoms with Gasteiger partial charge in [-0.25, -0.2) is 0 Å². The van der Waals surface area contributed by atoms with Gasteiger partial charge in [0.05, 0.1) is 6.54 Å². The SMILES string of the molecule is CCOC(CN=Cc1cccs1)OCC. The highest BCUT2D eigenvalue weighted by Crippen LogP contribution is 2.05. The molecule has 4 heteroatoms. The highest BCUT2D eigenvalue weighted by Gasteiger charge is 2.05. The first-order valence-corrected chi connectivity index (χ1v) is 6.01. The van der Waals surface area contributed by atoms with E-state index in [0.29, 0.717) is 19.8 Å². The van der Waals surface area contributed by atoms with Crippen molar-refractivity contribution in [3.05, 3.63) is 22.4 Å². The van der Waals surface area contributed by atoms with E-state index in [9.17, 15) is 0 Å². The van der Waals surface area contributed by atoms with Crippen molar-refractivity contribution in [3.63, 3.8) is 0 Å². The summed E-state index contributed by atoms with van der Waals surface area (Å²) < 4.78 is 10.7. The number of rotatable bonds is 7. The maximum Gasteiger partial charge on any atom is 0.176 e. The average Bonchev–Trinajstić information content (AvgIpc) is 2.71. The van der Waals surface area contributed by atoms with Crippen molar-refractivity contribution >= 4 is 17.6 Å². The van der Waals surface area contributed by atoms with Crippen LogP contribution < -0.4 is 0 Å². The maximum atomic E-state index is 5.37. The predicted octanol–water partition coefficient (Wildman–Crippen LogP) is 2.57. The van der Waals surface area contributed by atoms with Crippen LogP contribution in [0.3, 0.4) is 0 Å². The first kappa shape index (κ1) is 12.4. The Morgan fingerprint density at radius 2 is 2.13 bits per heavy atom. The molecule has 1 heterocycles. The molecule has 0 atom stereocenters. The molecule has 0 N–H and O–H groups in total. The van der Waals surface area contributed by atoms with Crippen molar-refractivity contribution in [2.75, 3.05) is 19.8 Å². The summed E-state index contributed by atoms with van der Waals surface area (Å²) >= 11 is 1.67. The fraction of sp³-hybridized carbons (Fsp3) is 0.545. The van der Waals surface area contributed by atoms with Gasteiger partial charge in [-0.15, -0.1) is 11.3 Å². The van der Waals surface area contributed by atoms with Crippen molar-refractivity contribution in [1.29, 1.82) is 0 Å². The van der Waals surface area contributed by atoms with Crippen LogP contribution in [0.2, 0.25) is 0 Å². The minimum Gasteiger partial charge on any atom is -0.351 e. The van der Waals surface area contributed by atoms with Crippen LogP contribution in [0, 0.1) is 0 Å². The monoisotopic (exact) mass is 227 g/mol. The van der Waals surface area contributed by atoms with Crippen LogP contribution in [0.15, 0.2) is 22.5 Å². The van der Waals surface area contributed by atoms with Crippen LogP contribution in [0.25, 0.3) is 0 Å². The molecule has 0 aromatic carbocycles. The fourth-order valence-corrected chi connectivity index (χ4v) is 1.73. The molecule has 1 aromatic rings. The third-order valence-electron chi connectivity index (χ3n) is 1.72. The van der Waals surface area contributed by atoms with Crippen LogP contribution >= 0.6 is 11.3 Å². The van der Waals surface area contributed by atoms with Crippen molar-refractivity contribution in [2.24, 2.45) is 4.99 Å². The second-order valence-corrected chi connectivity index (χ2v) is 3.83. The Morgan fingerprint density at radius 3 is 2.67 bits per heavy atom. The lowest BCUT2D eigenvalue weighted by atomic mass is 10.5. The van der Waals surface area contributed by atoms with Gasteiger partial charge in [0.2, 0.25) is 0 Å². The second kappa shape index (κ2) is 7.56. The smallest absolute Gasteiger partial charge is 0.176 e. The third-order valence-corrected chi connectivity index (χ3v) is 2.53. The minimum absolute atomic E-state index is 0.212. The van der Waals surface area contributed by atoms with Gasteiger partial charge >= 0.3 is 0 Å². The van der Waals surface area contributed by atoms with Crippen molar-refractivity contribution in [3.8, 4) is 0 Å². The van der Waals surface area contributed by atoms with Crippen molar-refractivity contribution < 1.29 is 9.47 Å². The molecule has 0 aliphatic rings. The Hall–Kier alpha value is -0.710. The van der Waals surface area contributed by atoms with Crippen LogP contribution in [0.1, 0.15) is 18.7 Å². The van der Waals surface area contributed by atoms with E-state index in [1.54, 1.807) is 11.3 Å². The molecule has 0 saturated heterocycles. The Morgan fingerprint density at radius 1 is 1.40 bits per heavy atom. The lowest BCUT2D eigenvalue weighted by Crippen LogP contribution is -2.20. The summed E-state index contributed by atoms with van der Waals surface area (Å²) in [6, 6.07) is 4.04. The number of thiophene rings is 1. The lowest BCUT2D eigenvalue weighted by Gasteiger charge is -2.13. The van der Waals surface area contributed by atoms with E-state index in [2.05, 4.69) is 4.99 Å². The van der Waals surface area contributed by atoms with Gasteiger partial charge in [-0.1, -0.05) is 6.07 Å². The number of aliphatic imine (C=N–C) groups is 1. The number of ether oxygens (including phenoxy) is 2. The summed E-state index contributed by atoms with van der Waals surface area (Å²) in [4.78, 5) is 5.44. The number of hydrogen-bond donors (Lipinski definition) is 0. The average molecular weight is 227 g/mol. The normalized spacial score (nSPS) is 11.7. The fourth-order valence-electron chi connectivity index (χ4n) is 1.12. The quantitative estimate of drug-likeness (QED) is 0.529. The van der Waals surface area contributed by atoms with E-state index in [1.807, 2.05) is 37.6 Å². The summed E-state index contributed by atoms with van der Waals surface area (Å²) in [6.45, 7) is 5.77. The van der Waals surface area contributed by atoms with E-state index in [0.717, 1.165) is 4.88 Å². The Bertz CT molecular complexity index is 266. The van der Waals surface area contributed by atoms with Crippen LogP contribution in [-0.2, 0) is 9.47 Å². The maximum absolute atomic E-state index is 5.37. The van der Waals surface area contributed by atoms with Crippen LogP contribution in [-0.4, -0.2) is 32.3 Å². The van der Waals surface area contributed by atoms with Gasteiger partial charge in [-0.3, -0.25) is 4.99 Å². The zero-order valence-electron chi connectivity index (χ0n) is 9.18. The first-order chi connectivity index (χ1) is 7.36. The third kappa shape index (κ3) is 5.06. The molecule has 0 bridgehead atoms. The summed E-state index contributed by atoms with van der Waals surface area (Å²) in [7, 11) is 0. The molecule has 0 radical (unpaired) electrons. The summed E-state index contributed by atoms with van der Waals surface area (Å²) in [6.07, 6.45) is 1.65. The van der Waals surface area contributed by atoms with Crippen molar-refractivity contribution in [1.82, 2.24) is 0 Å². The number of hydrogen-bond acceptors (Lipinski definition) is 4. The highest BCUT2D eigenvalue weighted by atomic mass is 32.1. The van der Waals surface area contributed by atoms with Crippen LogP contribution in [0.4, 0.5) is 0 Å². The van der Waals surface area contributed by atoms with Gasteiger partial charge in [-0.2, -0.15) is 0 Å². The van der Waals surface area contributed by atoms with Gasteiger partial charge in [0, 0.05) is 24.3 Å². The van der Waals surface area contributed by atoms with E-state index >= 15 is 0 Å². The summed E-state index contributed by atoms with van der Waals surface area (Å²) in [5.74, 6) is 0. The Kier molecular flexibility index (Phi) is 6.23. The Labute approximate surface area is 94.7 Å². The molecule has 0 fully saturated rings. The van der Waals surface area contributed by atoms with Gasteiger partial charge < -0.3 is 9.47 Å². The molecule has 15 heavy (non-hydrogen) atoms. The van der Waals surface area contributed by atoms with Gasteiger partial charge in [-0.05, 0) is 25.3 Å². The molecule has 3 nitrogen and oxygen atoms in total. The minimum atomic E-state index is -0.212. The zero-order chi connectivity index (χ0) is 10.9. The first-order valence-electron chi connectivity index (χ1n) is 5.13. The molecular formula is C11H17NO2S. The second-order valence-electron chi connectivity index (χ2n) is 2.85. The molecular weight excluding hydrogens is 210 g/mol. The van der Waals surface area contributed by atoms with Crippen molar-refractivity contribution in [2.45, 2.75) is 20.1 Å². The predicted molar refractivity (Wildman–Crippen MR) is 63.8 cm³/mol. The molecule has 0 amide bonds. The molecule has 1 rings (SSSR count). The summed E-state index contributed by atoms with van der Waals surface area (Å²) in [5, 5.41) is 2.03. The zero-order valence-corrected chi connectivity index (χ0v) is 10.00. The molecule has 0 aliphatic carbocycles. The number of nitrogens with zero attached hydrogens (tertiary/aromatic N) is 1. The van der Waals surface area contributed by atoms with E-state index < -0.39 is 0 Å². The van der Waals surface area contributed by atoms with E-state index in [1.165, 1.54) is 0 Å². The van der Waals surface area contributed by atoms with E-state index in [4.69, 9.17) is 9.47 Å². The Balaban J connectivity index is 2.32. The van der Waals surface area contributed by atoms with E-state index in [-0.39, 0.29) is 6.29 Å². The molecule has 0 spiro atoms. The standard InChI is InChI=1S/C11H17NO2S/c1-3-13-11(14-4-2)9-12-8-10-6-5-7-15-10/h5-8,11H,3-4,9H2,1-2H3. The van der Waals surface area contributed by atoms with Crippen LogP contribution in [0.5, 0.6) is 0 Å². The lowest BCUT2D eigenvalue weighted by molar-refractivity contribution is -0.128. The largest absolute Gasteiger partial charge is 0.351 e. The molecule has 84 valence electrons. The molecule has 0 saturated carbocycles. The van der Waals surface area contributed by atoms with Gasteiger partial charge in [0.15, 0.2) is 6.29 Å². The topological polar surface area (TPSA) is 30.8 Å². The summed E-state index contributed by atoms with van der Waals surface area (Å²) in [5.41, 5.74) is 0. The molecule has 0 unspecified atom stereocenters. The van der Waals surface area contributed by atoms with Gasteiger partial charge in [0.1, 0.15) is 0 Å². The highest BCUT2D eigenvalue weighted by molar-refractivity contribution is 7.11. The van der Waals surface area contributed by atoms with Gasteiger partial charge in [0.25, 0.3) is 0 Å².